The van der Waals surface area contributed by atoms with Gasteiger partial charge in [-0.2, -0.15) is 0 Å². The first-order chi connectivity index (χ1) is 12.8. The highest BCUT2D eigenvalue weighted by molar-refractivity contribution is 7.89. The maximum atomic E-state index is 12.6. The minimum Gasteiger partial charge on any atom is -0.496 e. The fourth-order valence-electron chi connectivity index (χ4n) is 2.40. The van der Waals surface area contributed by atoms with Crippen LogP contribution in [0.2, 0.25) is 0 Å². The van der Waals surface area contributed by atoms with E-state index in [4.69, 9.17) is 9.47 Å². The van der Waals surface area contributed by atoms with E-state index in [1.165, 1.54) is 38.5 Å². The standard InChI is InChI=1S/C19H24N2O5S/c1-5-13(2)21-27(23,24)15-11-9-14(10-12-15)20-19(22)18-16(25-3)7-6-8-17(18)26-4/h6-13,21H,5H2,1-4H3,(H,20,22)/t13-/m1/s1. The van der Waals surface area contributed by atoms with E-state index in [1.54, 1.807) is 25.1 Å². The van der Waals surface area contributed by atoms with Gasteiger partial charge in [0.25, 0.3) is 5.91 Å². The van der Waals surface area contributed by atoms with Crippen LogP contribution in [0.4, 0.5) is 5.69 Å². The second kappa shape index (κ2) is 8.88. The van der Waals surface area contributed by atoms with Crippen molar-refractivity contribution in [3.8, 4) is 11.5 Å². The van der Waals surface area contributed by atoms with Gasteiger partial charge >= 0.3 is 0 Å². The van der Waals surface area contributed by atoms with Crippen LogP contribution in [0.15, 0.2) is 47.4 Å². The monoisotopic (exact) mass is 392 g/mol. The number of anilines is 1. The Balaban J connectivity index is 2.21. The average Bonchev–Trinajstić information content (AvgIpc) is 2.67. The topological polar surface area (TPSA) is 93.7 Å². The van der Waals surface area contributed by atoms with Crippen LogP contribution in [0.1, 0.15) is 30.6 Å². The maximum absolute atomic E-state index is 12.6. The van der Waals surface area contributed by atoms with Crippen LogP contribution in [-0.2, 0) is 10.0 Å². The van der Waals surface area contributed by atoms with Gasteiger partial charge in [0.05, 0.1) is 19.1 Å². The summed E-state index contributed by atoms with van der Waals surface area (Å²) in [6.45, 7) is 3.70. The Morgan fingerprint density at radius 3 is 2.07 bits per heavy atom. The minimum absolute atomic E-state index is 0.135. The second-order valence-electron chi connectivity index (χ2n) is 5.95. The molecule has 1 atom stereocenters. The number of ether oxygens (including phenoxy) is 2. The number of hydrogen-bond acceptors (Lipinski definition) is 5. The number of hydrogen-bond donors (Lipinski definition) is 2. The van der Waals surface area contributed by atoms with Gasteiger partial charge in [0.15, 0.2) is 0 Å². The molecule has 2 rings (SSSR count). The zero-order chi connectivity index (χ0) is 20.0. The van der Waals surface area contributed by atoms with Crippen molar-refractivity contribution < 1.29 is 22.7 Å². The molecule has 0 saturated heterocycles. The van der Waals surface area contributed by atoms with Crippen molar-refractivity contribution in [2.45, 2.75) is 31.2 Å². The van der Waals surface area contributed by atoms with Crippen molar-refractivity contribution in [1.82, 2.24) is 4.72 Å². The number of methoxy groups -OCH3 is 2. The SMILES string of the molecule is CC[C@@H](C)NS(=O)(=O)c1ccc(NC(=O)c2c(OC)cccc2OC)cc1. The summed E-state index contributed by atoms with van der Waals surface area (Å²) < 4.78 is 37.6. The molecule has 146 valence electrons. The zero-order valence-electron chi connectivity index (χ0n) is 15.8. The van der Waals surface area contributed by atoms with Crippen molar-refractivity contribution in [1.29, 1.82) is 0 Å². The number of benzene rings is 2. The predicted molar refractivity (Wildman–Crippen MR) is 104 cm³/mol. The highest BCUT2D eigenvalue weighted by atomic mass is 32.2. The van der Waals surface area contributed by atoms with Crippen LogP contribution in [0.3, 0.4) is 0 Å². The molecule has 0 fully saturated rings. The summed E-state index contributed by atoms with van der Waals surface area (Å²) in [4.78, 5) is 12.8. The summed E-state index contributed by atoms with van der Waals surface area (Å²) in [7, 11) is -0.658. The van der Waals surface area contributed by atoms with E-state index in [9.17, 15) is 13.2 Å². The fourth-order valence-corrected chi connectivity index (χ4v) is 3.73. The Kier molecular flexibility index (Phi) is 6.81. The largest absolute Gasteiger partial charge is 0.496 e. The lowest BCUT2D eigenvalue weighted by Gasteiger charge is -2.14. The van der Waals surface area contributed by atoms with Gasteiger partial charge < -0.3 is 14.8 Å². The predicted octanol–water partition coefficient (Wildman–Crippen LogP) is 3.03. The van der Waals surface area contributed by atoms with E-state index < -0.39 is 15.9 Å². The summed E-state index contributed by atoms with van der Waals surface area (Å²) in [5.74, 6) is 0.338. The van der Waals surface area contributed by atoms with Crippen molar-refractivity contribution in [3.63, 3.8) is 0 Å². The van der Waals surface area contributed by atoms with Crippen LogP contribution in [-0.4, -0.2) is 34.6 Å². The number of amides is 1. The van der Waals surface area contributed by atoms with Crippen LogP contribution >= 0.6 is 0 Å². The zero-order valence-corrected chi connectivity index (χ0v) is 16.6. The Hall–Kier alpha value is -2.58. The highest BCUT2D eigenvalue weighted by Gasteiger charge is 2.19. The first-order valence-electron chi connectivity index (χ1n) is 8.47. The molecule has 2 aromatic carbocycles. The first-order valence-corrected chi connectivity index (χ1v) is 9.95. The molecule has 1 amide bonds. The summed E-state index contributed by atoms with van der Waals surface area (Å²) >= 11 is 0. The quantitative estimate of drug-likeness (QED) is 0.720. The number of rotatable bonds is 8. The summed E-state index contributed by atoms with van der Waals surface area (Å²) in [5.41, 5.74) is 0.716. The van der Waals surface area contributed by atoms with Crippen LogP contribution in [0.25, 0.3) is 0 Å². The molecule has 7 nitrogen and oxygen atoms in total. The van der Waals surface area contributed by atoms with E-state index in [0.717, 1.165) is 0 Å². The third-order valence-electron chi connectivity index (χ3n) is 4.05. The second-order valence-corrected chi connectivity index (χ2v) is 7.66. The molecular formula is C19H24N2O5S. The van der Waals surface area contributed by atoms with E-state index in [2.05, 4.69) is 10.0 Å². The lowest BCUT2D eigenvalue weighted by molar-refractivity contribution is 0.102. The van der Waals surface area contributed by atoms with E-state index in [1.807, 2.05) is 6.92 Å². The Morgan fingerprint density at radius 2 is 1.59 bits per heavy atom. The third kappa shape index (κ3) is 4.99. The van der Waals surface area contributed by atoms with Crippen LogP contribution in [0, 0.1) is 0 Å². The van der Waals surface area contributed by atoms with E-state index >= 15 is 0 Å². The molecule has 0 bridgehead atoms. The van der Waals surface area contributed by atoms with Crippen molar-refractivity contribution in [2.24, 2.45) is 0 Å². The highest BCUT2D eigenvalue weighted by Crippen LogP contribution is 2.29. The molecule has 0 spiro atoms. The van der Waals surface area contributed by atoms with E-state index in [0.29, 0.717) is 23.6 Å². The number of sulfonamides is 1. The molecule has 0 heterocycles. The van der Waals surface area contributed by atoms with Gasteiger partial charge in [0, 0.05) is 11.7 Å². The molecule has 27 heavy (non-hydrogen) atoms. The molecule has 2 aromatic rings. The Morgan fingerprint density at radius 1 is 1.04 bits per heavy atom. The molecule has 0 unspecified atom stereocenters. The first kappa shape index (κ1) is 20.7. The molecule has 0 aliphatic carbocycles. The molecule has 0 aliphatic heterocycles. The van der Waals surface area contributed by atoms with Gasteiger partial charge in [-0.1, -0.05) is 13.0 Å². The Labute approximate surface area is 159 Å². The molecule has 0 saturated carbocycles. The van der Waals surface area contributed by atoms with Gasteiger partial charge in [-0.05, 0) is 49.7 Å². The third-order valence-corrected chi connectivity index (χ3v) is 5.65. The van der Waals surface area contributed by atoms with Crippen LogP contribution < -0.4 is 19.5 Å². The smallest absolute Gasteiger partial charge is 0.263 e. The summed E-state index contributed by atoms with van der Waals surface area (Å²) in [5, 5.41) is 2.72. The van der Waals surface area contributed by atoms with Crippen molar-refractivity contribution in [2.75, 3.05) is 19.5 Å². The number of carbonyl (C=O) groups excluding carboxylic acids is 1. The van der Waals surface area contributed by atoms with Crippen LogP contribution in [0.5, 0.6) is 11.5 Å². The Bertz CT molecular complexity index is 873. The van der Waals surface area contributed by atoms with Gasteiger partial charge in [-0.25, -0.2) is 13.1 Å². The van der Waals surface area contributed by atoms with Gasteiger partial charge in [-0.3, -0.25) is 4.79 Å². The molecule has 8 heteroatoms. The average molecular weight is 392 g/mol. The minimum atomic E-state index is -3.59. The molecule has 0 radical (unpaired) electrons. The summed E-state index contributed by atoms with van der Waals surface area (Å²) in [6.07, 6.45) is 0.689. The van der Waals surface area contributed by atoms with Crippen molar-refractivity contribution >= 4 is 21.6 Å². The number of nitrogens with one attached hydrogen (secondary N) is 2. The van der Waals surface area contributed by atoms with Crippen molar-refractivity contribution in [3.05, 3.63) is 48.0 Å². The maximum Gasteiger partial charge on any atom is 0.263 e. The van der Waals surface area contributed by atoms with E-state index in [-0.39, 0.29) is 16.5 Å². The summed E-state index contributed by atoms with van der Waals surface area (Å²) in [6, 6.07) is 10.8. The lowest BCUT2D eigenvalue weighted by atomic mass is 10.1. The molecule has 2 N–H and O–H groups in total. The fraction of sp³-hybridized carbons (Fsp3) is 0.316. The molecule has 0 aliphatic rings. The molecule has 0 aromatic heterocycles. The van der Waals surface area contributed by atoms with Gasteiger partial charge in [0.1, 0.15) is 17.1 Å². The number of carbonyl (C=O) groups is 1. The lowest BCUT2D eigenvalue weighted by Crippen LogP contribution is -2.31. The molecular weight excluding hydrogens is 368 g/mol. The van der Waals surface area contributed by atoms with Gasteiger partial charge in [-0.15, -0.1) is 0 Å². The normalized spacial score (nSPS) is 12.3. The van der Waals surface area contributed by atoms with Gasteiger partial charge in [0.2, 0.25) is 10.0 Å².